The van der Waals surface area contributed by atoms with E-state index >= 15 is 0 Å². The number of alkyl halides is 2. The number of halogens is 2. The molecule has 14 heavy (non-hydrogen) atoms. The van der Waals surface area contributed by atoms with Crippen LogP contribution in [0.3, 0.4) is 0 Å². The van der Waals surface area contributed by atoms with Crippen LogP contribution in [0.5, 0.6) is 0 Å². The van der Waals surface area contributed by atoms with Gasteiger partial charge in [-0.2, -0.15) is 0 Å². The summed E-state index contributed by atoms with van der Waals surface area (Å²) in [5, 5.41) is 2.19. The van der Waals surface area contributed by atoms with Crippen molar-refractivity contribution in [3.8, 4) is 0 Å². The summed E-state index contributed by atoms with van der Waals surface area (Å²) in [6, 6.07) is -1.09. The number of nitrogens with one attached hydrogen (secondary N) is 1. The van der Waals surface area contributed by atoms with Gasteiger partial charge in [0.15, 0.2) is 0 Å². The highest BCUT2D eigenvalue weighted by Gasteiger charge is 2.44. The fourth-order valence-corrected chi connectivity index (χ4v) is 1.58. The Morgan fingerprint density at radius 1 is 1.50 bits per heavy atom. The fourth-order valence-electron chi connectivity index (χ4n) is 1.58. The lowest BCUT2D eigenvalue weighted by molar-refractivity contribution is -0.129. The minimum absolute atomic E-state index is 0.183. The molecule has 1 atom stereocenters. The molecule has 1 rings (SSSR count). The Balaban J connectivity index is 2.44. The molecule has 1 N–H and O–H groups in total. The van der Waals surface area contributed by atoms with Gasteiger partial charge in [0.25, 0.3) is 5.92 Å². The van der Waals surface area contributed by atoms with Crippen LogP contribution in [0, 0.1) is 0 Å². The molecular formula is C9H13F2NO2. The van der Waals surface area contributed by atoms with E-state index in [0.717, 1.165) is 0 Å². The average Bonchev–Trinajstić information content (AvgIpc) is 2.29. The van der Waals surface area contributed by atoms with Crippen LogP contribution in [0.2, 0.25) is 0 Å². The number of carbonyl (C=O) groups excluding carboxylic acids is 2. The third kappa shape index (κ3) is 2.75. The molecule has 0 aromatic rings. The van der Waals surface area contributed by atoms with Gasteiger partial charge in [0.2, 0.25) is 5.91 Å². The molecule has 3 nitrogen and oxygen atoms in total. The first-order valence-electron chi connectivity index (χ1n) is 4.58. The predicted molar refractivity (Wildman–Crippen MR) is 46.0 cm³/mol. The van der Waals surface area contributed by atoms with Gasteiger partial charge < -0.3 is 5.32 Å². The Labute approximate surface area is 80.9 Å². The maximum Gasteiger partial charge on any atom is 0.267 e. The van der Waals surface area contributed by atoms with Crippen molar-refractivity contribution in [2.24, 2.45) is 0 Å². The van der Waals surface area contributed by atoms with Gasteiger partial charge in [0, 0.05) is 6.42 Å². The quantitative estimate of drug-likeness (QED) is 0.705. The number of hydrogen-bond acceptors (Lipinski definition) is 2. The zero-order valence-corrected chi connectivity index (χ0v) is 7.98. The molecule has 0 aromatic heterocycles. The van der Waals surface area contributed by atoms with Gasteiger partial charge in [-0.15, -0.1) is 0 Å². The van der Waals surface area contributed by atoms with Crippen molar-refractivity contribution in [3.05, 3.63) is 0 Å². The lowest BCUT2D eigenvalue weighted by Crippen LogP contribution is -2.44. The fraction of sp³-hybridized carbons (Fsp3) is 0.778. The topological polar surface area (TPSA) is 46.2 Å². The molecule has 1 aliphatic carbocycles. The van der Waals surface area contributed by atoms with Crippen LogP contribution in [0.4, 0.5) is 8.78 Å². The number of hydrogen-bond donors (Lipinski definition) is 1. The van der Waals surface area contributed by atoms with Gasteiger partial charge in [-0.1, -0.05) is 0 Å². The second-order valence-corrected chi connectivity index (χ2v) is 3.65. The van der Waals surface area contributed by atoms with Crippen molar-refractivity contribution in [3.63, 3.8) is 0 Å². The van der Waals surface area contributed by atoms with Crippen molar-refractivity contribution in [2.45, 2.75) is 44.6 Å². The van der Waals surface area contributed by atoms with E-state index in [0.29, 0.717) is 6.42 Å². The first kappa shape index (κ1) is 11.1. The highest BCUT2D eigenvalue weighted by atomic mass is 19.3. The van der Waals surface area contributed by atoms with Crippen LogP contribution < -0.4 is 5.32 Å². The number of Topliss-reactive ketones (excluding diaryl/α,β-unsaturated/α-hetero) is 1. The van der Waals surface area contributed by atoms with Crippen molar-refractivity contribution in [1.82, 2.24) is 5.32 Å². The van der Waals surface area contributed by atoms with Gasteiger partial charge >= 0.3 is 0 Å². The molecule has 1 fully saturated rings. The average molecular weight is 205 g/mol. The summed E-state index contributed by atoms with van der Waals surface area (Å²) in [4.78, 5) is 21.6. The van der Waals surface area contributed by atoms with E-state index in [2.05, 4.69) is 5.32 Å². The summed E-state index contributed by atoms with van der Waals surface area (Å²) in [5.74, 6) is -3.74. The molecule has 5 heteroatoms. The van der Waals surface area contributed by atoms with Gasteiger partial charge in [-0.25, -0.2) is 8.78 Å². The molecule has 0 aromatic carbocycles. The van der Waals surface area contributed by atoms with Crippen molar-refractivity contribution < 1.29 is 18.4 Å². The number of ketones is 1. The smallest absolute Gasteiger partial charge is 0.267 e. The van der Waals surface area contributed by atoms with Gasteiger partial charge in [0.05, 0.1) is 12.5 Å². The molecule has 0 heterocycles. The van der Waals surface area contributed by atoms with Gasteiger partial charge in [0.1, 0.15) is 5.78 Å². The molecule has 1 saturated carbocycles. The van der Waals surface area contributed by atoms with Crippen LogP contribution in [0.1, 0.15) is 32.6 Å². The summed E-state index contributed by atoms with van der Waals surface area (Å²) >= 11 is 0. The highest BCUT2D eigenvalue weighted by Crippen LogP contribution is 2.34. The van der Waals surface area contributed by atoms with Crippen molar-refractivity contribution in [1.29, 1.82) is 0 Å². The normalized spacial score (nSPS) is 24.6. The Morgan fingerprint density at radius 3 is 2.57 bits per heavy atom. The van der Waals surface area contributed by atoms with E-state index in [4.69, 9.17) is 0 Å². The van der Waals surface area contributed by atoms with Crippen molar-refractivity contribution >= 4 is 11.7 Å². The molecule has 0 aliphatic heterocycles. The minimum Gasteiger partial charge on any atom is -0.347 e. The van der Waals surface area contributed by atoms with Crippen LogP contribution >= 0.6 is 0 Å². The maximum absolute atomic E-state index is 13.0. The van der Waals surface area contributed by atoms with Crippen LogP contribution in [-0.4, -0.2) is 23.7 Å². The van der Waals surface area contributed by atoms with E-state index < -0.39 is 17.9 Å². The minimum atomic E-state index is -2.81. The first-order valence-corrected chi connectivity index (χ1v) is 4.58. The summed E-state index contributed by atoms with van der Waals surface area (Å²) < 4.78 is 26.0. The van der Waals surface area contributed by atoms with Crippen LogP contribution in [0.25, 0.3) is 0 Å². The molecule has 0 spiro atoms. The highest BCUT2D eigenvalue weighted by molar-refractivity contribution is 5.96. The monoisotopic (exact) mass is 205 g/mol. The Bertz CT molecular complexity index is 253. The Morgan fingerprint density at radius 2 is 2.14 bits per heavy atom. The molecule has 80 valence electrons. The molecule has 1 aliphatic rings. The number of rotatable bonds is 3. The molecule has 0 saturated heterocycles. The SMILES string of the molecule is CC(=O)CC(=O)NC1CCCC1(F)F. The molecular weight excluding hydrogens is 192 g/mol. The standard InChI is InChI=1S/C9H13F2NO2/c1-6(13)5-8(14)12-7-3-2-4-9(7,10)11/h7H,2-5H2,1H3,(H,12,14). The third-order valence-corrected chi connectivity index (χ3v) is 2.26. The summed E-state index contributed by atoms with van der Waals surface area (Å²) in [5.41, 5.74) is 0. The largest absolute Gasteiger partial charge is 0.347 e. The lowest BCUT2D eigenvalue weighted by atomic mass is 10.2. The van der Waals surface area contributed by atoms with Gasteiger partial charge in [-0.05, 0) is 19.8 Å². The van der Waals surface area contributed by atoms with E-state index in [1.807, 2.05) is 0 Å². The Hall–Kier alpha value is -1.00. The second kappa shape index (κ2) is 4.02. The summed E-state index contributed by atoms with van der Waals surface area (Å²) in [7, 11) is 0. The van der Waals surface area contributed by atoms with E-state index in [-0.39, 0.29) is 25.0 Å². The zero-order chi connectivity index (χ0) is 10.8. The van der Waals surface area contributed by atoms with E-state index in [9.17, 15) is 18.4 Å². The van der Waals surface area contributed by atoms with Crippen LogP contribution in [-0.2, 0) is 9.59 Å². The van der Waals surface area contributed by atoms with Crippen LogP contribution in [0.15, 0.2) is 0 Å². The summed E-state index contributed by atoms with van der Waals surface area (Å²) in [6.07, 6.45) is 0.208. The van der Waals surface area contributed by atoms with E-state index in [1.165, 1.54) is 6.92 Å². The maximum atomic E-state index is 13.0. The second-order valence-electron chi connectivity index (χ2n) is 3.65. The molecule has 1 unspecified atom stereocenters. The van der Waals surface area contributed by atoms with Crippen molar-refractivity contribution in [2.75, 3.05) is 0 Å². The number of carbonyl (C=O) groups is 2. The molecule has 1 amide bonds. The Kier molecular flexibility index (Phi) is 3.18. The lowest BCUT2D eigenvalue weighted by Gasteiger charge is -2.19. The molecule has 0 radical (unpaired) electrons. The van der Waals surface area contributed by atoms with Gasteiger partial charge in [-0.3, -0.25) is 9.59 Å². The third-order valence-electron chi connectivity index (χ3n) is 2.26. The number of amides is 1. The predicted octanol–water partition coefficient (Wildman–Crippen LogP) is 1.27. The van der Waals surface area contributed by atoms with E-state index in [1.54, 1.807) is 0 Å². The summed E-state index contributed by atoms with van der Waals surface area (Å²) in [6.45, 7) is 1.26. The molecule has 0 bridgehead atoms. The zero-order valence-electron chi connectivity index (χ0n) is 7.98. The first-order chi connectivity index (χ1) is 6.42.